The Kier molecular flexibility index (Phi) is 5.53. The number of carbonyl (C=O) groups excluding carboxylic acids is 1. The molecule has 6 heteroatoms. The number of ether oxygens (including phenoxy) is 1. The quantitative estimate of drug-likeness (QED) is 0.684. The molecule has 0 bridgehead atoms. The molecule has 0 aliphatic carbocycles. The first kappa shape index (κ1) is 17.9. The van der Waals surface area contributed by atoms with Crippen LogP contribution in [0.3, 0.4) is 0 Å². The number of benzene rings is 1. The second kappa shape index (κ2) is 8.01. The molecular formula is C20H24N4O2. The van der Waals surface area contributed by atoms with E-state index in [4.69, 9.17) is 10.5 Å². The Morgan fingerprint density at radius 3 is 2.69 bits per heavy atom. The van der Waals surface area contributed by atoms with Crippen LogP contribution in [0.5, 0.6) is 5.75 Å². The van der Waals surface area contributed by atoms with Crippen LogP contribution in [0.25, 0.3) is 5.65 Å². The van der Waals surface area contributed by atoms with Crippen LogP contribution in [-0.2, 0) is 11.4 Å². The molecule has 0 aliphatic heterocycles. The number of nitrogens with one attached hydrogen (secondary N) is 1. The van der Waals surface area contributed by atoms with E-state index in [1.54, 1.807) is 12.1 Å². The first-order chi connectivity index (χ1) is 12.5. The number of imidazole rings is 1. The van der Waals surface area contributed by atoms with E-state index < -0.39 is 6.04 Å². The van der Waals surface area contributed by atoms with E-state index in [2.05, 4.69) is 10.3 Å². The van der Waals surface area contributed by atoms with E-state index in [0.717, 1.165) is 11.3 Å². The summed E-state index contributed by atoms with van der Waals surface area (Å²) in [4.78, 5) is 16.5. The van der Waals surface area contributed by atoms with E-state index in [0.29, 0.717) is 30.4 Å². The van der Waals surface area contributed by atoms with Gasteiger partial charge in [0.2, 0.25) is 5.91 Å². The summed E-state index contributed by atoms with van der Waals surface area (Å²) in [5.74, 6) is 0.926. The van der Waals surface area contributed by atoms with E-state index in [9.17, 15) is 4.79 Å². The van der Waals surface area contributed by atoms with Crippen LogP contribution in [0.2, 0.25) is 0 Å². The summed E-state index contributed by atoms with van der Waals surface area (Å²) in [7, 11) is 0. The zero-order valence-corrected chi connectivity index (χ0v) is 15.1. The SMILES string of the molecule is CC(C)C[C@H](N)C(=O)Nc1ccc(OCc2cn3ccccc3n2)cc1. The van der Waals surface area contributed by atoms with Gasteiger partial charge in [-0.25, -0.2) is 4.98 Å². The van der Waals surface area contributed by atoms with Crippen molar-refractivity contribution >= 4 is 17.2 Å². The molecule has 1 atom stereocenters. The van der Waals surface area contributed by atoms with Crippen molar-refractivity contribution in [2.24, 2.45) is 11.7 Å². The molecule has 0 radical (unpaired) electrons. The number of hydrogen-bond donors (Lipinski definition) is 2. The molecule has 0 spiro atoms. The minimum Gasteiger partial charge on any atom is -0.487 e. The van der Waals surface area contributed by atoms with Crippen LogP contribution in [-0.4, -0.2) is 21.3 Å². The third-order valence-electron chi connectivity index (χ3n) is 3.98. The maximum absolute atomic E-state index is 12.1. The summed E-state index contributed by atoms with van der Waals surface area (Å²) in [5.41, 5.74) is 8.34. The lowest BCUT2D eigenvalue weighted by Gasteiger charge is -2.14. The largest absolute Gasteiger partial charge is 0.487 e. The van der Waals surface area contributed by atoms with Crippen LogP contribution in [0.15, 0.2) is 54.9 Å². The fourth-order valence-corrected chi connectivity index (χ4v) is 2.70. The highest BCUT2D eigenvalue weighted by atomic mass is 16.5. The number of aromatic nitrogens is 2. The summed E-state index contributed by atoms with van der Waals surface area (Å²) in [6.07, 6.45) is 4.55. The Balaban J connectivity index is 1.55. The highest BCUT2D eigenvalue weighted by Crippen LogP contribution is 2.18. The fourth-order valence-electron chi connectivity index (χ4n) is 2.70. The number of fused-ring (bicyclic) bond motifs is 1. The van der Waals surface area contributed by atoms with Gasteiger partial charge in [-0.15, -0.1) is 0 Å². The molecule has 0 saturated heterocycles. The lowest BCUT2D eigenvalue weighted by molar-refractivity contribution is -0.117. The second-order valence-corrected chi connectivity index (χ2v) is 6.74. The standard InChI is InChI=1S/C20H24N4O2/c1-14(2)11-18(21)20(25)23-15-6-8-17(9-7-15)26-13-16-12-24-10-4-3-5-19(24)22-16/h3-10,12,14,18H,11,13,21H2,1-2H3,(H,23,25)/t18-/m0/s1. The molecule has 0 fully saturated rings. The first-order valence-corrected chi connectivity index (χ1v) is 8.73. The van der Waals surface area contributed by atoms with Gasteiger partial charge in [-0.05, 0) is 48.7 Å². The van der Waals surface area contributed by atoms with Crippen molar-refractivity contribution in [3.05, 3.63) is 60.6 Å². The van der Waals surface area contributed by atoms with Gasteiger partial charge < -0.3 is 20.2 Å². The van der Waals surface area contributed by atoms with Crippen molar-refractivity contribution in [3.8, 4) is 5.75 Å². The molecule has 0 aliphatic rings. The topological polar surface area (TPSA) is 81.7 Å². The van der Waals surface area contributed by atoms with Crippen molar-refractivity contribution in [2.75, 3.05) is 5.32 Å². The molecular weight excluding hydrogens is 328 g/mol. The van der Waals surface area contributed by atoms with Gasteiger partial charge >= 0.3 is 0 Å². The average molecular weight is 352 g/mol. The zero-order valence-electron chi connectivity index (χ0n) is 15.1. The summed E-state index contributed by atoms with van der Waals surface area (Å²) >= 11 is 0. The Bertz CT molecular complexity index is 838. The van der Waals surface area contributed by atoms with E-state index in [1.807, 2.05) is 61.0 Å². The maximum Gasteiger partial charge on any atom is 0.241 e. The van der Waals surface area contributed by atoms with E-state index in [1.165, 1.54) is 0 Å². The van der Waals surface area contributed by atoms with Gasteiger partial charge in [0.05, 0.1) is 11.7 Å². The molecule has 2 aromatic heterocycles. The zero-order chi connectivity index (χ0) is 18.5. The predicted octanol–water partition coefficient (Wildman–Crippen LogP) is 3.23. The Morgan fingerprint density at radius 1 is 1.23 bits per heavy atom. The molecule has 6 nitrogen and oxygen atoms in total. The third-order valence-corrected chi connectivity index (χ3v) is 3.98. The third kappa shape index (κ3) is 4.61. The highest BCUT2D eigenvalue weighted by Gasteiger charge is 2.15. The lowest BCUT2D eigenvalue weighted by atomic mass is 10.0. The molecule has 136 valence electrons. The Morgan fingerprint density at radius 2 is 2.00 bits per heavy atom. The minimum absolute atomic E-state index is 0.169. The predicted molar refractivity (Wildman–Crippen MR) is 102 cm³/mol. The summed E-state index contributed by atoms with van der Waals surface area (Å²) < 4.78 is 7.72. The number of pyridine rings is 1. The fraction of sp³-hybridized carbons (Fsp3) is 0.300. The number of rotatable bonds is 7. The van der Waals surface area contributed by atoms with Crippen molar-refractivity contribution in [3.63, 3.8) is 0 Å². The Labute approximate surface area is 153 Å². The Hall–Kier alpha value is -2.86. The molecule has 3 aromatic rings. The van der Waals surface area contributed by atoms with Gasteiger partial charge in [-0.2, -0.15) is 0 Å². The van der Waals surface area contributed by atoms with Crippen LogP contribution in [0.1, 0.15) is 26.0 Å². The lowest BCUT2D eigenvalue weighted by Crippen LogP contribution is -2.36. The molecule has 26 heavy (non-hydrogen) atoms. The summed E-state index contributed by atoms with van der Waals surface area (Å²) in [6, 6.07) is 12.6. The van der Waals surface area contributed by atoms with Crippen LogP contribution >= 0.6 is 0 Å². The van der Waals surface area contributed by atoms with Crippen LogP contribution < -0.4 is 15.8 Å². The molecule has 0 unspecified atom stereocenters. The molecule has 3 N–H and O–H groups in total. The van der Waals surface area contributed by atoms with Gasteiger partial charge in [-0.3, -0.25) is 4.79 Å². The number of hydrogen-bond acceptors (Lipinski definition) is 4. The molecule has 0 saturated carbocycles. The van der Waals surface area contributed by atoms with Gasteiger partial charge in [0.25, 0.3) is 0 Å². The van der Waals surface area contributed by atoms with Gasteiger partial charge in [-0.1, -0.05) is 19.9 Å². The van der Waals surface area contributed by atoms with Gasteiger partial charge in [0, 0.05) is 18.1 Å². The molecule has 1 aromatic carbocycles. The molecule has 1 amide bonds. The van der Waals surface area contributed by atoms with Crippen molar-refractivity contribution < 1.29 is 9.53 Å². The van der Waals surface area contributed by atoms with Crippen LogP contribution in [0, 0.1) is 5.92 Å². The number of nitrogens with two attached hydrogens (primary N) is 1. The number of carbonyl (C=O) groups is 1. The molecule has 2 heterocycles. The van der Waals surface area contributed by atoms with Crippen molar-refractivity contribution in [1.82, 2.24) is 9.38 Å². The van der Waals surface area contributed by atoms with E-state index in [-0.39, 0.29) is 5.91 Å². The first-order valence-electron chi connectivity index (χ1n) is 8.73. The van der Waals surface area contributed by atoms with E-state index >= 15 is 0 Å². The normalized spacial score (nSPS) is 12.3. The smallest absolute Gasteiger partial charge is 0.241 e. The van der Waals surface area contributed by atoms with Gasteiger partial charge in [0.15, 0.2) is 0 Å². The number of amides is 1. The summed E-state index contributed by atoms with van der Waals surface area (Å²) in [5, 5.41) is 2.83. The number of nitrogens with zero attached hydrogens (tertiary/aromatic N) is 2. The summed E-state index contributed by atoms with van der Waals surface area (Å²) in [6.45, 7) is 4.47. The monoisotopic (exact) mass is 352 g/mol. The van der Waals surface area contributed by atoms with Crippen LogP contribution in [0.4, 0.5) is 5.69 Å². The second-order valence-electron chi connectivity index (χ2n) is 6.74. The molecule has 3 rings (SSSR count). The highest BCUT2D eigenvalue weighted by molar-refractivity contribution is 5.94. The van der Waals surface area contributed by atoms with Crippen molar-refractivity contribution in [2.45, 2.75) is 32.9 Å². The minimum atomic E-state index is -0.499. The average Bonchev–Trinajstić information content (AvgIpc) is 3.03. The number of anilines is 1. The van der Waals surface area contributed by atoms with Gasteiger partial charge in [0.1, 0.15) is 18.0 Å². The maximum atomic E-state index is 12.1. The van der Waals surface area contributed by atoms with Crippen molar-refractivity contribution in [1.29, 1.82) is 0 Å².